The number of benzene rings is 3. The van der Waals surface area contributed by atoms with Gasteiger partial charge in [0.05, 0.1) is 12.3 Å². The smallest absolute Gasteiger partial charge is 0.460 e. The van der Waals surface area contributed by atoms with Crippen molar-refractivity contribution >= 4 is 0 Å². The second-order valence-electron chi connectivity index (χ2n) is 9.35. The van der Waals surface area contributed by atoms with E-state index in [0.29, 0.717) is 29.2 Å². The Kier molecular flexibility index (Phi) is 8.84. The molecule has 1 aromatic heterocycles. The van der Waals surface area contributed by atoms with Gasteiger partial charge >= 0.3 is 24.2 Å². The third-order valence-corrected chi connectivity index (χ3v) is 6.29. The van der Waals surface area contributed by atoms with Crippen molar-refractivity contribution in [3.8, 4) is 22.8 Å². The van der Waals surface area contributed by atoms with Crippen molar-refractivity contribution in [1.82, 2.24) is 5.32 Å². The van der Waals surface area contributed by atoms with Gasteiger partial charge in [-0.15, -0.1) is 0 Å². The highest BCUT2D eigenvalue weighted by Crippen LogP contribution is 2.52. The summed E-state index contributed by atoms with van der Waals surface area (Å²) >= 11 is 0. The van der Waals surface area contributed by atoms with E-state index in [1.165, 1.54) is 30.5 Å². The molecule has 0 aliphatic rings. The predicted molar refractivity (Wildman–Crippen MR) is 134 cm³/mol. The van der Waals surface area contributed by atoms with Crippen LogP contribution >= 0.6 is 0 Å². The molecule has 2 N–H and O–H groups in total. The van der Waals surface area contributed by atoms with Crippen LogP contribution in [0.4, 0.5) is 43.9 Å². The Bertz CT molecular complexity index is 1520. The second kappa shape index (κ2) is 11.9. The van der Waals surface area contributed by atoms with Gasteiger partial charge in [0, 0.05) is 17.7 Å². The first-order chi connectivity index (χ1) is 20.0. The summed E-state index contributed by atoms with van der Waals surface area (Å²) in [6.45, 7) is -1.18. The van der Waals surface area contributed by atoms with Crippen molar-refractivity contribution in [3.63, 3.8) is 0 Å². The molecule has 0 radical (unpaired) electrons. The zero-order valence-electron chi connectivity index (χ0n) is 21.6. The highest BCUT2D eigenvalue weighted by Gasteiger charge is 2.73. The monoisotopic (exact) mass is 621 g/mol. The lowest BCUT2D eigenvalue weighted by molar-refractivity contribution is -0.359. The molecule has 230 valence electrons. The van der Waals surface area contributed by atoms with E-state index in [4.69, 9.17) is 9.15 Å². The average Bonchev–Trinajstić information content (AvgIpc) is 3.48. The number of hydrogen-bond acceptors (Lipinski definition) is 4. The summed E-state index contributed by atoms with van der Waals surface area (Å²) in [5.74, 6) is -11.2. The fraction of sp³-hybridized carbons (Fsp3) is 0.241. The van der Waals surface area contributed by atoms with Crippen LogP contribution in [0, 0.1) is 0 Å². The van der Waals surface area contributed by atoms with Crippen LogP contribution in [-0.4, -0.2) is 36.0 Å². The van der Waals surface area contributed by atoms with E-state index in [9.17, 15) is 49.0 Å². The van der Waals surface area contributed by atoms with E-state index in [1.54, 1.807) is 36.4 Å². The molecule has 1 heterocycles. The number of ether oxygens (including phenoxy) is 1. The van der Waals surface area contributed by atoms with Gasteiger partial charge in [0.25, 0.3) is 0 Å². The number of rotatable bonds is 10. The molecule has 0 saturated carbocycles. The van der Waals surface area contributed by atoms with Gasteiger partial charge < -0.3 is 19.6 Å². The van der Waals surface area contributed by atoms with Crippen LogP contribution in [0.25, 0.3) is 11.3 Å². The lowest BCUT2D eigenvalue weighted by atomic mass is 9.93. The van der Waals surface area contributed by atoms with E-state index in [0.717, 1.165) is 12.1 Å². The minimum absolute atomic E-state index is 0.0529. The molecule has 0 amide bonds. The maximum absolute atomic E-state index is 14.5. The van der Waals surface area contributed by atoms with E-state index >= 15 is 0 Å². The van der Waals surface area contributed by atoms with Gasteiger partial charge in [0.1, 0.15) is 17.3 Å². The molecule has 4 rings (SSSR count). The Labute approximate surface area is 237 Å². The molecule has 3 aromatic carbocycles. The fourth-order valence-corrected chi connectivity index (χ4v) is 4.10. The summed E-state index contributed by atoms with van der Waals surface area (Å²) in [7, 11) is 0. The quantitative estimate of drug-likeness (QED) is 0.174. The standard InChI is InChI=1S/C29H21F10NO3/c30-26(31,28(35,36)29(37,38)39)20-8-1-6-18(13-20)25(40-16-24(41)27(32,33)34)19-7-3-10-22(15-19)43-21-9-2-5-17(14-21)23-11-4-12-42-23/h1-15,24-25,40-41H,16H2. The Morgan fingerprint density at radius 3 is 1.93 bits per heavy atom. The molecule has 2 unspecified atom stereocenters. The largest absolute Gasteiger partial charge is 0.464 e. The van der Waals surface area contributed by atoms with Gasteiger partial charge in [-0.05, 0) is 53.6 Å². The maximum atomic E-state index is 14.5. The average molecular weight is 621 g/mol. The molecule has 0 fully saturated rings. The fourth-order valence-electron chi connectivity index (χ4n) is 4.10. The summed E-state index contributed by atoms with van der Waals surface area (Å²) < 4.78 is 145. The van der Waals surface area contributed by atoms with Crippen molar-refractivity contribution < 1.29 is 58.2 Å². The minimum atomic E-state index is -6.60. The number of halogens is 10. The Balaban J connectivity index is 1.70. The number of aliphatic hydroxyl groups excluding tert-OH is 1. The molecule has 4 nitrogen and oxygen atoms in total. The van der Waals surface area contributed by atoms with Crippen LogP contribution in [0.15, 0.2) is 95.6 Å². The Hall–Kier alpha value is -4.04. The van der Waals surface area contributed by atoms with Gasteiger partial charge in [-0.2, -0.15) is 43.9 Å². The highest BCUT2D eigenvalue weighted by molar-refractivity contribution is 5.59. The predicted octanol–water partition coefficient (Wildman–Crippen LogP) is 8.63. The van der Waals surface area contributed by atoms with Crippen molar-refractivity contribution in [2.75, 3.05) is 6.54 Å². The number of nitrogens with one attached hydrogen (secondary N) is 1. The van der Waals surface area contributed by atoms with E-state index in [2.05, 4.69) is 5.32 Å². The first-order valence-corrected chi connectivity index (χ1v) is 12.3. The number of hydrogen-bond donors (Lipinski definition) is 2. The van der Waals surface area contributed by atoms with Gasteiger partial charge in [0.15, 0.2) is 6.10 Å². The van der Waals surface area contributed by atoms with E-state index in [-0.39, 0.29) is 16.9 Å². The van der Waals surface area contributed by atoms with E-state index in [1.807, 2.05) is 0 Å². The molecular weight excluding hydrogens is 600 g/mol. The van der Waals surface area contributed by atoms with Crippen molar-refractivity contribution in [2.24, 2.45) is 0 Å². The van der Waals surface area contributed by atoms with Gasteiger partial charge in [-0.25, -0.2) is 0 Å². The molecule has 2 atom stereocenters. The summed E-state index contributed by atoms with van der Waals surface area (Å²) in [6.07, 6.45) is -13.1. The topological polar surface area (TPSA) is 54.6 Å². The second-order valence-corrected chi connectivity index (χ2v) is 9.35. The molecule has 14 heteroatoms. The van der Waals surface area contributed by atoms with Crippen molar-refractivity contribution in [2.45, 2.75) is 36.3 Å². The number of alkyl halides is 10. The summed E-state index contributed by atoms with van der Waals surface area (Å²) in [5.41, 5.74) is -1.41. The SMILES string of the molecule is OC(CNC(c1cccc(Oc2cccc(-c3ccco3)c2)c1)c1cccc(C(F)(F)C(F)(F)C(F)(F)F)c1)C(F)(F)F. The van der Waals surface area contributed by atoms with Crippen LogP contribution in [0.2, 0.25) is 0 Å². The minimum Gasteiger partial charge on any atom is -0.464 e. The summed E-state index contributed by atoms with van der Waals surface area (Å²) in [5, 5.41) is 11.8. The number of furan rings is 1. The lowest BCUT2D eigenvalue weighted by Crippen LogP contribution is -2.50. The third kappa shape index (κ3) is 6.96. The molecule has 0 bridgehead atoms. The van der Waals surface area contributed by atoms with Crippen molar-refractivity contribution in [3.05, 3.63) is 108 Å². The Morgan fingerprint density at radius 1 is 0.721 bits per heavy atom. The first-order valence-electron chi connectivity index (χ1n) is 12.3. The lowest BCUT2D eigenvalue weighted by Gasteiger charge is -2.29. The van der Waals surface area contributed by atoms with Crippen LogP contribution in [0.5, 0.6) is 11.5 Å². The third-order valence-electron chi connectivity index (χ3n) is 6.29. The molecule has 4 aromatic rings. The molecule has 0 aliphatic heterocycles. The summed E-state index contributed by atoms with van der Waals surface area (Å²) in [4.78, 5) is 0. The van der Waals surface area contributed by atoms with E-state index < -0.39 is 48.5 Å². The molecule has 0 spiro atoms. The van der Waals surface area contributed by atoms with Crippen molar-refractivity contribution in [1.29, 1.82) is 0 Å². The van der Waals surface area contributed by atoms with Crippen LogP contribution in [-0.2, 0) is 5.92 Å². The zero-order chi connectivity index (χ0) is 31.6. The summed E-state index contributed by atoms with van der Waals surface area (Å²) in [6, 6.07) is 16.4. The van der Waals surface area contributed by atoms with Gasteiger partial charge in [0.2, 0.25) is 0 Å². The van der Waals surface area contributed by atoms with Crippen LogP contribution < -0.4 is 10.1 Å². The van der Waals surface area contributed by atoms with Gasteiger partial charge in [-0.1, -0.05) is 42.5 Å². The Morgan fingerprint density at radius 2 is 1.33 bits per heavy atom. The van der Waals surface area contributed by atoms with Crippen LogP contribution in [0.3, 0.4) is 0 Å². The molecule has 0 aliphatic carbocycles. The highest BCUT2D eigenvalue weighted by atomic mass is 19.4. The first kappa shape index (κ1) is 31.9. The molecular formula is C29H21F10NO3. The zero-order valence-corrected chi connectivity index (χ0v) is 21.6. The number of aliphatic hydroxyl groups is 1. The normalized spacial score (nSPS) is 14.4. The maximum Gasteiger partial charge on any atom is 0.460 e. The molecule has 0 saturated heterocycles. The molecule has 43 heavy (non-hydrogen) atoms. The van der Waals surface area contributed by atoms with Gasteiger partial charge in [-0.3, -0.25) is 0 Å². The van der Waals surface area contributed by atoms with Crippen LogP contribution in [0.1, 0.15) is 22.7 Å².